The van der Waals surface area contributed by atoms with E-state index in [9.17, 15) is 4.79 Å². The lowest BCUT2D eigenvalue weighted by Crippen LogP contribution is -2.44. The van der Waals surface area contributed by atoms with Gasteiger partial charge in [-0.25, -0.2) is 4.98 Å². The highest BCUT2D eigenvalue weighted by Gasteiger charge is 2.50. The number of hydrogen-bond acceptors (Lipinski definition) is 2. The fraction of sp³-hybridized carbons (Fsp3) is 0.385. The van der Waals surface area contributed by atoms with Gasteiger partial charge in [-0.3, -0.25) is 4.79 Å². The maximum absolute atomic E-state index is 11.6. The monoisotopic (exact) mass is 248 g/mol. The molecular formula is C13H13ClN2O. The predicted molar refractivity (Wildman–Crippen MR) is 66.3 cm³/mol. The van der Waals surface area contributed by atoms with Crippen LogP contribution in [-0.4, -0.2) is 15.2 Å². The maximum Gasteiger partial charge on any atom is 0.151 e. The Balaban J connectivity index is 2.18. The maximum atomic E-state index is 11.6. The second-order valence-electron chi connectivity index (χ2n) is 5.12. The highest BCUT2D eigenvalue weighted by molar-refractivity contribution is 6.30. The molecule has 17 heavy (non-hydrogen) atoms. The van der Waals surface area contributed by atoms with Gasteiger partial charge in [0.25, 0.3) is 0 Å². The first kappa shape index (κ1) is 10.8. The van der Waals surface area contributed by atoms with E-state index in [0.29, 0.717) is 17.4 Å². The Hall–Kier alpha value is -1.35. The number of Topliss-reactive ketones (excluding diaryl/α,β-unsaturated/α-hetero) is 1. The van der Waals surface area contributed by atoms with Crippen LogP contribution in [-0.2, 0) is 4.79 Å². The highest BCUT2D eigenvalue weighted by Crippen LogP contribution is 2.50. The number of imidazole rings is 1. The quantitative estimate of drug-likeness (QED) is 0.777. The average Bonchev–Trinajstić information content (AvgIpc) is 2.62. The van der Waals surface area contributed by atoms with Gasteiger partial charge in [-0.15, -0.1) is 0 Å². The SMILES string of the molecule is CC1(C)C(=O)CC1c1c(Cl)nc2ccccn12. The summed E-state index contributed by atoms with van der Waals surface area (Å²) in [6.45, 7) is 3.95. The van der Waals surface area contributed by atoms with Gasteiger partial charge in [-0.05, 0) is 12.1 Å². The zero-order valence-corrected chi connectivity index (χ0v) is 10.5. The molecule has 1 aliphatic rings. The highest BCUT2D eigenvalue weighted by atomic mass is 35.5. The number of carbonyl (C=O) groups excluding carboxylic acids is 1. The molecule has 0 aliphatic heterocycles. The molecule has 3 rings (SSSR count). The van der Waals surface area contributed by atoms with Crippen molar-refractivity contribution in [3.05, 3.63) is 35.2 Å². The molecule has 0 N–H and O–H groups in total. The number of rotatable bonds is 1. The molecule has 0 aromatic carbocycles. The molecule has 2 heterocycles. The summed E-state index contributed by atoms with van der Waals surface area (Å²) >= 11 is 6.21. The molecule has 88 valence electrons. The second kappa shape index (κ2) is 3.33. The van der Waals surface area contributed by atoms with Crippen LogP contribution >= 0.6 is 11.6 Å². The first-order valence-electron chi connectivity index (χ1n) is 5.67. The Morgan fingerprint density at radius 3 is 2.88 bits per heavy atom. The number of halogens is 1. The number of aromatic nitrogens is 2. The van der Waals surface area contributed by atoms with Crippen LogP contribution < -0.4 is 0 Å². The Morgan fingerprint density at radius 1 is 1.47 bits per heavy atom. The van der Waals surface area contributed by atoms with E-state index in [1.54, 1.807) is 0 Å². The van der Waals surface area contributed by atoms with Crippen LogP contribution in [0.1, 0.15) is 31.9 Å². The van der Waals surface area contributed by atoms with Crippen molar-refractivity contribution in [1.82, 2.24) is 9.38 Å². The lowest BCUT2D eigenvalue weighted by Gasteiger charge is -2.42. The lowest BCUT2D eigenvalue weighted by atomic mass is 9.60. The molecule has 0 saturated heterocycles. The van der Waals surface area contributed by atoms with Crippen LogP contribution in [0.5, 0.6) is 0 Å². The van der Waals surface area contributed by atoms with Gasteiger partial charge < -0.3 is 4.40 Å². The summed E-state index contributed by atoms with van der Waals surface area (Å²) in [7, 11) is 0. The minimum absolute atomic E-state index is 0.167. The zero-order chi connectivity index (χ0) is 12.2. The largest absolute Gasteiger partial charge is 0.302 e. The van der Waals surface area contributed by atoms with Gasteiger partial charge in [0, 0.05) is 24.0 Å². The van der Waals surface area contributed by atoms with E-state index in [0.717, 1.165) is 11.3 Å². The summed E-state index contributed by atoms with van der Waals surface area (Å²) in [6, 6.07) is 5.80. The minimum atomic E-state index is -0.324. The number of hydrogen-bond donors (Lipinski definition) is 0. The van der Waals surface area contributed by atoms with Gasteiger partial charge in [0.05, 0.1) is 5.69 Å². The van der Waals surface area contributed by atoms with Crippen molar-refractivity contribution in [2.24, 2.45) is 5.41 Å². The van der Waals surface area contributed by atoms with Crippen LogP contribution in [0.25, 0.3) is 5.65 Å². The summed E-state index contributed by atoms with van der Waals surface area (Å²) in [4.78, 5) is 16.0. The van der Waals surface area contributed by atoms with Gasteiger partial charge in [0.1, 0.15) is 11.4 Å². The van der Waals surface area contributed by atoms with E-state index in [1.807, 2.05) is 42.6 Å². The Bertz CT molecular complexity index is 615. The van der Waals surface area contributed by atoms with Gasteiger partial charge in [-0.1, -0.05) is 31.5 Å². The molecular weight excluding hydrogens is 236 g/mol. The van der Waals surface area contributed by atoms with Crippen molar-refractivity contribution in [3.8, 4) is 0 Å². The van der Waals surface area contributed by atoms with Crippen LogP contribution in [0.3, 0.4) is 0 Å². The fourth-order valence-electron chi connectivity index (χ4n) is 2.50. The summed E-state index contributed by atoms with van der Waals surface area (Å²) in [6.07, 6.45) is 2.51. The number of fused-ring (bicyclic) bond motifs is 1. The normalized spacial score (nSPS) is 22.8. The van der Waals surface area contributed by atoms with Crippen LogP contribution in [0.4, 0.5) is 0 Å². The molecule has 0 spiro atoms. The molecule has 0 amide bonds. The predicted octanol–water partition coefficient (Wildman–Crippen LogP) is 3.07. The van der Waals surface area contributed by atoms with E-state index in [-0.39, 0.29) is 11.3 Å². The molecule has 0 radical (unpaired) electrons. The Kier molecular flexibility index (Phi) is 2.11. The molecule has 1 unspecified atom stereocenters. The van der Waals surface area contributed by atoms with E-state index in [4.69, 9.17) is 11.6 Å². The van der Waals surface area contributed by atoms with Crippen LogP contribution in [0.15, 0.2) is 24.4 Å². The van der Waals surface area contributed by atoms with Gasteiger partial charge in [-0.2, -0.15) is 0 Å². The summed E-state index contributed by atoms with van der Waals surface area (Å²) in [5, 5.41) is 0.516. The molecule has 2 aromatic rings. The fourth-order valence-corrected chi connectivity index (χ4v) is 2.81. The first-order chi connectivity index (χ1) is 8.01. The summed E-state index contributed by atoms with van der Waals surface area (Å²) < 4.78 is 1.99. The zero-order valence-electron chi connectivity index (χ0n) is 9.77. The number of pyridine rings is 1. The third kappa shape index (κ3) is 1.35. The van der Waals surface area contributed by atoms with E-state index in [2.05, 4.69) is 4.98 Å². The molecule has 2 aromatic heterocycles. The number of ketones is 1. The van der Waals surface area contributed by atoms with Crippen molar-refractivity contribution >= 4 is 23.0 Å². The molecule has 1 aliphatic carbocycles. The second-order valence-corrected chi connectivity index (χ2v) is 5.48. The Labute approximate surface area is 104 Å². The minimum Gasteiger partial charge on any atom is -0.302 e. The lowest BCUT2D eigenvalue weighted by molar-refractivity contribution is -0.138. The van der Waals surface area contributed by atoms with Gasteiger partial charge in [0.15, 0.2) is 5.15 Å². The van der Waals surface area contributed by atoms with Gasteiger partial charge >= 0.3 is 0 Å². The van der Waals surface area contributed by atoms with Crippen molar-refractivity contribution in [2.75, 3.05) is 0 Å². The summed E-state index contributed by atoms with van der Waals surface area (Å²) in [5.74, 6) is 0.462. The standard InChI is InChI=1S/C13H13ClN2O/c1-13(2)8(7-9(13)17)11-12(14)15-10-5-3-4-6-16(10)11/h3-6,8H,7H2,1-2H3. The number of nitrogens with zero attached hydrogens (tertiary/aromatic N) is 2. The molecule has 3 nitrogen and oxygen atoms in total. The van der Waals surface area contributed by atoms with Crippen LogP contribution in [0, 0.1) is 5.41 Å². The third-order valence-electron chi connectivity index (χ3n) is 3.83. The Morgan fingerprint density at radius 2 is 2.24 bits per heavy atom. The van der Waals surface area contributed by atoms with Crippen molar-refractivity contribution in [3.63, 3.8) is 0 Å². The van der Waals surface area contributed by atoms with Crippen molar-refractivity contribution in [2.45, 2.75) is 26.2 Å². The van der Waals surface area contributed by atoms with E-state index in [1.165, 1.54) is 0 Å². The van der Waals surface area contributed by atoms with E-state index >= 15 is 0 Å². The smallest absolute Gasteiger partial charge is 0.151 e. The molecule has 1 fully saturated rings. The first-order valence-corrected chi connectivity index (χ1v) is 6.05. The molecule has 4 heteroatoms. The molecule has 1 atom stereocenters. The van der Waals surface area contributed by atoms with Gasteiger partial charge in [0.2, 0.25) is 0 Å². The van der Waals surface area contributed by atoms with E-state index < -0.39 is 0 Å². The van der Waals surface area contributed by atoms with Crippen LogP contribution in [0.2, 0.25) is 5.15 Å². The topological polar surface area (TPSA) is 34.4 Å². The van der Waals surface area contributed by atoms with Crippen molar-refractivity contribution < 1.29 is 4.79 Å². The van der Waals surface area contributed by atoms with Crippen molar-refractivity contribution in [1.29, 1.82) is 0 Å². The average molecular weight is 249 g/mol. The third-order valence-corrected chi connectivity index (χ3v) is 4.11. The molecule has 1 saturated carbocycles. The number of carbonyl (C=O) groups is 1. The summed E-state index contributed by atoms with van der Waals surface area (Å²) in [5.41, 5.74) is 1.48. The molecule has 0 bridgehead atoms.